The molecule has 0 aromatic rings. The Bertz CT molecular complexity index is 407. The predicted molar refractivity (Wildman–Crippen MR) is 76.6 cm³/mol. The van der Waals surface area contributed by atoms with E-state index in [0.717, 1.165) is 23.9 Å². The molecule has 0 aromatic heterocycles. The summed E-state index contributed by atoms with van der Waals surface area (Å²) in [5.41, 5.74) is 0. The molecular weight excluding hydrogens is 282 g/mol. The van der Waals surface area contributed by atoms with Crippen molar-refractivity contribution in [3.05, 3.63) is 0 Å². The zero-order valence-corrected chi connectivity index (χ0v) is 13.0. The van der Waals surface area contributed by atoms with Crippen molar-refractivity contribution < 1.29 is 18.3 Å². The number of likely N-dealkylation sites (tertiary alicyclic amines) is 1. The van der Waals surface area contributed by atoms with Gasteiger partial charge >= 0.3 is 5.97 Å². The van der Waals surface area contributed by atoms with Crippen LogP contribution in [0.3, 0.4) is 0 Å². The van der Waals surface area contributed by atoms with Crippen LogP contribution >= 0.6 is 0 Å². The minimum absolute atomic E-state index is 0.0226. The highest BCUT2D eigenvalue weighted by Gasteiger charge is 2.20. The van der Waals surface area contributed by atoms with Crippen molar-refractivity contribution in [3.63, 3.8) is 0 Å². The molecule has 1 aliphatic heterocycles. The van der Waals surface area contributed by atoms with Crippen LogP contribution in [0.4, 0.5) is 0 Å². The third-order valence-electron chi connectivity index (χ3n) is 3.43. The van der Waals surface area contributed by atoms with Gasteiger partial charge in [-0.15, -0.1) is 0 Å². The summed E-state index contributed by atoms with van der Waals surface area (Å²) in [6, 6.07) is 0. The lowest BCUT2D eigenvalue weighted by Crippen LogP contribution is -2.42. The highest BCUT2D eigenvalue weighted by atomic mass is 32.2. The van der Waals surface area contributed by atoms with Gasteiger partial charge in [0, 0.05) is 26.7 Å². The van der Waals surface area contributed by atoms with Crippen LogP contribution in [-0.4, -0.2) is 68.5 Å². The highest BCUT2D eigenvalue weighted by molar-refractivity contribution is 7.87. The largest absolute Gasteiger partial charge is 0.481 e. The zero-order chi connectivity index (χ0) is 15.2. The predicted octanol–water partition coefficient (Wildman–Crippen LogP) is -0.0408. The summed E-state index contributed by atoms with van der Waals surface area (Å²) in [6.45, 7) is 5.44. The maximum absolute atomic E-state index is 11.9. The van der Waals surface area contributed by atoms with Gasteiger partial charge in [-0.05, 0) is 31.8 Å². The lowest BCUT2D eigenvalue weighted by atomic mass is 10.2. The second-order valence-corrected chi connectivity index (χ2v) is 7.29. The number of hydrogen-bond donors (Lipinski definition) is 2. The summed E-state index contributed by atoms with van der Waals surface area (Å²) >= 11 is 0. The van der Waals surface area contributed by atoms with Crippen LogP contribution in [-0.2, 0) is 15.0 Å². The molecule has 0 saturated carbocycles. The van der Waals surface area contributed by atoms with E-state index in [1.54, 1.807) is 0 Å². The molecule has 0 aliphatic carbocycles. The molecule has 7 nitrogen and oxygen atoms in total. The maximum Gasteiger partial charge on any atom is 0.304 e. The number of carboxylic acid groups (broad SMARTS) is 1. The summed E-state index contributed by atoms with van der Waals surface area (Å²) < 4.78 is 27.4. The molecule has 20 heavy (non-hydrogen) atoms. The van der Waals surface area contributed by atoms with Gasteiger partial charge in [0.25, 0.3) is 10.2 Å². The smallest absolute Gasteiger partial charge is 0.304 e. The summed E-state index contributed by atoms with van der Waals surface area (Å²) in [5.74, 6) is -0.773. The summed E-state index contributed by atoms with van der Waals surface area (Å²) in [7, 11) is -2.20. The third-order valence-corrected chi connectivity index (χ3v) is 4.97. The minimum atomic E-state index is -3.58. The van der Waals surface area contributed by atoms with Crippen molar-refractivity contribution >= 4 is 16.2 Å². The molecule has 0 radical (unpaired) electrons. The normalized spacial score (nSPS) is 18.6. The van der Waals surface area contributed by atoms with Gasteiger partial charge in [0.1, 0.15) is 0 Å². The molecule has 1 unspecified atom stereocenters. The van der Waals surface area contributed by atoms with Crippen molar-refractivity contribution in [2.24, 2.45) is 5.92 Å². The maximum atomic E-state index is 11.9. The fraction of sp³-hybridized carbons (Fsp3) is 0.917. The van der Waals surface area contributed by atoms with Gasteiger partial charge in [-0.2, -0.15) is 12.7 Å². The van der Waals surface area contributed by atoms with Crippen LogP contribution in [0.5, 0.6) is 0 Å². The number of aliphatic carboxylic acids is 1. The third kappa shape index (κ3) is 6.17. The Kier molecular flexibility index (Phi) is 6.87. The summed E-state index contributed by atoms with van der Waals surface area (Å²) in [4.78, 5) is 12.8. The van der Waals surface area contributed by atoms with Gasteiger partial charge in [-0.25, -0.2) is 4.72 Å². The quantitative estimate of drug-likeness (QED) is 0.624. The van der Waals surface area contributed by atoms with Crippen LogP contribution < -0.4 is 4.72 Å². The number of carbonyl (C=O) groups is 1. The number of nitrogens with one attached hydrogen (secondary N) is 1. The second kappa shape index (κ2) is 7.92. The Morgan fingerprint density at radius 2 is 2.00 bits per heavy atom. The Balaban J connectivity index is 2.31. The van der Waals surface area contributed by atoms with E-state index in [-0.39, 0.29) is 18.9 Å². The van der Waals surface area contributed by atoms with Crippen LogP contribution in [0, 0.1) is 5.92 Å². The molecule has 1 saturated heterocycles. The van der Waals surface area contributed by atoms with E-state index in [9.17, 15) is 13.2 Å². The van der Waals surface area contributed by atoms with Gasteiger partial charge in [0.15, 0.2) is 0 Å². The molecule has 1 heterocycles. The van der Waals surface area contributed by atoms with Crippen LogP contribution in [0.2, 0.25) is 0 Å². The monoisotopic (exact) mass is 307 g/mol. The van der Waals surface area contributed by atoms with Crippen molar-refractivity contribution in [2.75, 3.05) is 39.8 Å². The molecule has 1 fully saturated rings. The molecule has 2 N–H and O–H groups in total. The van der Waals surface area contributed by atoms with Gasteiger partial charge in [0.2, 0.25) is 0 Å². The molecule has 0 amide bonds. The van der Waals surface area contributed by atoms with Crippen LogP contribution in [0.1, 0.15) is 26.2 Å². The van der Waals surface area contributed by atoms with E-state index in [1.165, 1.54) is 19.9 Å². The SMILES string of the molecule is CC(CNS(=O)(=O)N(C)CCC(=O)O)CN1CCCC1. The topological polar surface area (TPSA) is 90.0 Å². The lowest BCUT2D eigenvalue weighted by molar-refractivity contribution is -0.137. The Hall–Kier alpha value is -0.700. The number of hydrogen-bond acceptors (Lipinski definition) is 4. The Morgan fingerprint density at radius 1 is 1.40 bits per heavy atom. The Labute approximate surface area is 121 Å². The highest BCUT2D eigenvalue weighted by Crippen LogP contribution is 2.10. The second-order valence-electron chi connectivity index (χ2n) is 5.43. The molecule has 0 bridgehead atoms. The van der Waals surface area contributed by atoms with Crippen molar-refractivity contribution in [3.8, 4) is 0 Å². The van der Waals surface area contributed by atoms with Gasteiger partial charge in [0.05, 0.1) is 6.42 Å². The van der Waals surface area contributed by atoms with Crippen LogP contribution in [0.15, 0.2) is 0 Å². The average molecular weight is 307 g/mol. The van der Waals surface area contributed by atoms with E-state index < -0.39 is 16.2 Å². The number of rotatable bonds is 9. The Morgan fingerprint density at radius 3 is 2.55 bits per heavy atom. The summed E-state index contributed by atoms with van der Waals surface area (Å²) in [6.07, 6.45) is 2.24. The molecule has 1 aliphatic rings. The standard InChI is InChI=1S/C12H25N3O4S/c1-11(10-15-6-3-4-7-15)9-13-20(18,19)14(2)8-5-12(16)17/h11,13H,3-10H2,1-2H3,(H,16,17). The number of carboxylic acids is 1. The van der Waals surface area contributed by atoms with Crippen molar-refractivity contribution in [1.29, 1.82) is 0 Å². The molecule has 8 heteroatoms. The first-order valence-corrected chi connectivity index (χ1v) is 8.40. The van der Waals surface area contributed by atoms with Gasteiger partial charge in [-0.1, -0.05) is 6.92 Å². The fourth-order valence-electron chi connectivity index (χ4n) is 2.20. The van der Waals surface area contributed by atoms with E-state index in [1.807, 2.05) is 6.92 Å². The van der Waals surface area contributed by atoms with E-state index in [0.29, 0.717) is 6.54 Å². The van der Waals surface area contributed by atoms with E-state index in [4.69, 9.17) is 5.11 Å². The zero-order valence-electron chi connectivity index (χ0n) is 12.2. The lowest BCUT2D eigenvalue weighted by Gasteiger charge is -2.22. The fourth-order valence-corrected chi connectivity index (χ4v) is 3.25. The molecule has 0 spiro atoms. The first-order valence-electron chi connectivity index (χ1n) is 6.96. The average Bonchev–Trinajstić information content (AvgIpc) is 2.86. The van der Waals surface area contributed by atoms with E-state index in [2.05, 4.69) is 9.62 Å². The molecule has 0 aromatic carbocycles. The van der Waals surface area contributed by atoms with Crippen molar-refractivity contribution in [1.82, 2.24) is 13.9 Å². The van der Waals surface area contributed by atoms with Crippen LogP contribution in [0.25, 0.3) is 0 Å². The van der Waals surface area contributed by atoms with Crippen molar-refractivity contribution in [2.45, 2.75) is 26.2 Å². The van der Waals surface area contributed by atoms with E-state index >= 15 is 0 Å². The molecular formula is C12H25N3O4S. The molecule has 118 valence electrons. The summed E-state index contributed by atoms with van der Waals surface area (Å²) in [5, 5.41) is 8.56. The first-order chi connectivity index (χ1) is 9.31. The van der Waals surface area contributed by atoms with Gasteiger partial charge in [-0.3, -0.25) is 4.79 Å². The number of nitrogens with zero attached hydrogens (tertiary/aromatic N) is 2. The molecule has 1 atom stereocenters. The van der Waals surface area contributed by atoms with Gasteiger partial charge < -0.3 is 10.0 Å². The first kappa shape index (κ1) is 17.4. The molecule has 1 rings (SSSR count). The minimum Gasteiger partial charge on any atom is -0.481 e.